The fraction of sp³-hybridized carbons (Fsp3) is 0.529. The van der Waals surface area contributed by atoms with Gasteiger partial charge in [0.2, 0.25) is 0 Å². The van der Waals surface area contributed by atoms with Crippen molar-refractivity contribution in [1.82, 2.24) is 0 Å². The van der Waals surface area contributed by atoms with Crippen LogP contribution in [0.3, 0.4) is 0 Å². The molecule has 0 heterocycles. The Labute approximate surface area is 121 Å². The Morgan fingerprint density at radius 2 is 1.85 bits per heavy atom. The molecule has 20 heavy (non-hydrogen) atoms. The fourth-order valence-electron chi connectivity index (χ4n) is 2.18. The van der Waals surface area contributed by atoms with Crippen LogP contribution in [0.4, 0.5) is 0 Å². The number of carbonyl (C=O) groups excluding carboxylic acids is 2. The van der Waals surface area contributed by atoms with Gasteiger partial charge in [0.15, 0.2) is 5.78 Å². The zero-order valence-electron chi connectivity index (χ0n) is 12.9. The molecule has 0 aliphatic heterocycles. The van der Waals surface area contributed by atoms with Gasteiger partial charge in [0.1, 0.15) is 5.92 Å². The molecule has 3 heteroatoms. The summed E-state index contributed by atoms with van der Waals surface area (Å²) < 4.78 is 5.00. The van der Waals surface area contributed by atoms with E-state index in [2.05, 4.69) is 0 Å². The van der Waals surface area contributed by atoms with Gasteiger partial charge in [-0.1, -0.05) is 31.5 Å². The topological polar surface area (TPSA) is 43.4 Å². The van der Waals surface area contributed by atoms with Crippen molar-refractivity contribution in [3.05, 3.63) is 34.9 Å². The van der Waals surface area contributed by atoms with E-state index in [0.717, 1.165) is 12.0 Å². The molecule has 110 valence electrons. The van der Waals surface area contributed by atoms with Gasteiger partial charge in [0.25, 0.3) is 0 Å². The molecule has 0 radical (unpaired) electrons. The van der Waals surface area contributed by atoms with Crippen LogP contribution in [-0.4, -0.2) is 18.4 Å². The third-order valence-corrected chi connectivity index (χ3v) is 3.49. The summed E-state index contributed by atoms with van der Waals surface area (Å²) in [6.07, 6.45) is 1.65. The molecule has 1 atom stereocenters. The summed E-state index contributed by atoms with van der Waals surface area (Å²) in [4.78, 5) is 24.2. The lowest BCUT2D eigenvalue weighted by atomic mass is 9.93. The standard InChI is InChI=1S/C17H24O3/c1-5-7-15(17(19)20-6-2)16(18)11-14-9-8-12(3)13(4)10-14/h8-10,15H,5-7,11H2,1-4H3. The van der Waals surface area contributed by atoms with Crippen LogP contribution in [0, 0.1) is 19.8 Å². The molecule has 0 spiro atoms. The van der Waals surface area contributed by atoms with E-state index in [0.29, 0.717) is 19.4 Å². The SMILES string of the molecule is CCCC(C(=O)Cc1ccc(C)c(C)c1)C(=O)OCC. The Bertz CT molecular complexity index is 477. The van der Waals surface area contributed by atoms with E-state index in [1.54, 1.807) is 6.92 Å². The van der Waals surface area contributed by atoms with Gasteiger partial charge >= 0.3 is 5.97 Å². The summed E-state index contributed by atoms with van der Waals surface area (Å²) in [6.45, 7) is 8.11. The highest BCUT2D eigenvalue weighted by atomic mass is 16.5. The van der Waals surface area contributed by atoms with Crippen LogP contribution in [0.5, 0.6) is 0 Å². The predicted octanol–water partition coefficient (Wildman–Crippen LogP) is 3.39. The number of carbonyl (C=O) groups is 2. The number of esters is 1. The first-order valence-electron chi connectivity index (χ1n) is 7.25. The van der Waals surface area contributed by atoms with E-state index >= 15 is 0 Å². The molecule has 1 unspecified atom stereocenters. The Balaban J connectivity index is 2.79. The third kappa shape index (κ3) is 4.48. The molecular weight excluding hydrogens is 252 g/mol. The second-order valence-electron chi connectivity index (χ2n) is 5.16. The second kappa shape index (κ2) is 7.83. The molecule has 0 bridgehead atoms. The summed E-state index contributed by atoms with van der Waals surface area (Å²) in [5, 5.41) is 0. The molecule has 0 N–H and O–H groups in total. The predicted molar refractivity (Wildman–Crippen MR) is 79.7 cm³/mol. The van der Waals surface area contributed by atoms with Crippen molar-refractivity contribution < 1.29 is 14.3 Å². The maximum absolute atomic E-state index is 12.3. The molecule has 0 saturated carbocycles. The Morgan fingerprint density at radius 3 is 2.40 bits per heavy atom. The molecule has 0 aliphatic carbocycles. The van der Waals surface area contributed by atoms with E-state index < -0.39 is 5.92 Å². The van der Waals surface area contributed by atoms with Crippen LogP contribution < -0.4 is 0 Å². The number of aryl methyl sites for hydroxylation is 2. The van der Waals surface area contributed by atoms with Crippen LogP contribution in [0.1, 0.15) is 43.4 Å². The minimum Gasteiger partial charge on any atom is -0.465 e. The number of Topliss-reactive ketones (excluding diaryl/α,β-unsaturated/α-hetero) is 1. The third-order valence-electron chi connectivity index (χ3n) is 3.49. The normalized spacial score (nSPS) is 12.0. The lowest BCUT2D eigenvalue weighted by Gasteiger charge is -2.14. The van der Waals surface area contributed by atoms with Crippen molar-refractivity contribution in [3.63, 3.8) is 0 Å². The molecule has 0 fully saturated rings. The molecule has 0 saturated heterocycles. The first kappa shape index (κ1) is 16.4. The van der Waals surface area contributed by atoms with E-state index in [-0.39, 0.29) is 11.8 Å². The van der Waals surface area contributed by atoms with Crippen molar-refractivity contribution >= 4 is 11.8 Å². The number of ketones is 1. The van der Waals surface area contributed by atoms with Crippen LogP contribution in [0.25, 0.3) is 0 Å². The zero-order chi connectivity index (χ0) is 15.1. The minimum atomic E-state index is -0.624. The highest BCUT2D eigenvalue weighted by molar-refractivity contribution is 5.99. The summed E-state index contributed by atoms with van der Waals surface area (Å²) in [5.41, 5.74) is 3.33. The van der Waals surface area contributed by atoms with Gasteiger partial charge < -0.3 is 4.74 Å². The average Bonchev–Trinajstić information content (AvgIpc) is 2.40. The van der Waals surface area contributed by atoms with Gasteiger partial charge in [-0.25, -0.2) is 0 Å². The zero-order valence-corrected chi connectivity index (χ0v) is 12.9. The minimum absolute atomic E-state index is 0.0476. The molecule has 1 aromatic carbocycles. The van der Waals surface area contributed by atoms with E-state index in [4.69, 9.17) is 4.74 Å². The lowest BCUT2D eigenvalue weighted by molar-refractivity contribution is -0.151. The Hall–Kier alpha value is -1.64. The molecule has 1 aromatic rings. The van der Waals surface area contributed by atoms with Crippen LogP contribution in [-0.2, 0) is 20.7 Å². The molecule has 0 aliphatic rings. The molecule has 0 amide bonds. The smallest absolute Gasteiger partial charge is 0.316 e. The first-order chi connectivity index (χ1) is 9.49. The lowest BCUT2D eigenvalue weighted by Crippen LogP contribution is -2.27. The number of benzene rings is 1. The summed E-state index contributed by atoms with van der Waals surface area (Å²) in [7, 11) is 0. The highest BCUT2D eigenvalue weighted by Crippen LogP contribution is 2.16. The number of ether oxygens (including phenoxy) is 1. The Morgan fingerprint density at radius 1 is 1.15 bits per heavy atom. The van der Waals surface area contributed by atoms with Crippen molar-refractivity contribution in [2.45, 2.75) is 47.0 Å². The van der Waals surface area contributed by atoms with Gasteiger partial charge in [-0.05, 0) is 43.9 Å². The quantitative estimate of drug-likeness (QED) is 0.566. The largest absolute Gasteiger partial charge is 0.465 e. The van der Waals surface area contributed by atoms with Crippen molar-refractivity contribution in [3.8, 4) is 0 Å². The van der Waals surface area contributed by atoms with E-state index in [1.807, 2.05) is 39.0 Å². The summed E-state index contributed by atoms with van der Waals surface area (Å²) in [5.74, 6) is -1.06. The van der Waals surface area contributed by atoms with Gasteiger partial charge in [-0.3, -0.25) is 9.59 Å². The van der Waals surface area contributed by atoms with Crippen LogP contribution >= 0.6 is 0 Å². The molecule has 1 rings (SSSR count). The summed E-state index contributed by atoms with van der Waals surface area (Å²) >= 11 is 0. The fourth-order valence-corrected chi connectivity index (χ4v) is 2.18. The molecular formula is C17H24O3. The maximum atomic E-state index is 12.3. The Kier molecular flexibility index (Phi) is 6.43. The average molecular weight is 276 g/mol. The number of hydrogen-bond acceptors (Lipinski definition) is 3. The van der Waals surface area contributed by atoms with Gasteiger partial charge in [-0.15, -0.1) is 0 Å². The van der Waals surface area contributed by atoms with E-state index in [9.17, 15) is 9.59 Å². The van der Waals surface area contributed by atoms with Crippen LogP contribution in [0.2, 0.25) is 0 Å². The number of rotatable bonds is 7. The van der Waals surface area contributed by atoms with Crippen molar-refractivity contribution in [2.24, 2.45) is 5.92 Å². The summed E-state index contributed by atoms with van der Waals surface area (Å²) in [6, 6.07) is 5.98. The molecule has 0 aromatic heterocycles. The van der Waals surface area contributed by atoms with Gasteiger partial charge in [-0.2, -0.15) is 0 Å². The van der Waals surface area contributed by atoms with Gasteiger partial charge in [0.05, 0.1) is 6.61 Å². The van der Waals surface area contributed by atoms with Crippen molar-refractivity contribution in [2.75, 3.05) is 6.61 Å². The molecule has 3 nitrogen and oxygen atoms in total. The first-order valence-corrected chi connectivity index (χ1v) is 7.25. The maximum Gasteiger partial charge on any atom is 0.316 e. The van der Waals surface area contributed by atoms with Gasteiger partial charge in [0, 0.05) is 6.42 Å². The van der Waals surface area contributed by atoms with Crippen LogP contribution in [0.15, 0.2) is 18.2 Å². The monoisotopic (exact) mass is 276 g/mol. The second-order valence-corrected chi connectivity index (χ2v) is 5.16. The van der Waals surface area contributed by atoms with Crippen molar-refractivity contribution in [1.29, 1.82) is 0 Å². The number of hydrogen-bond donors (Lipinski definition) is 0. The highest BCUT2D eigenvalue weighted by Gasteiger charge is 2.26. The van der Waals surface area contributed by atoms with E-state index in [1.165, 1.54) is 11.1 Å².